The van der Waals surface area contributed by atoms with Crippen molar-refractivity contribution in [3.8, 4) is 11.8 Å². The quantitative estimate of drug-likeness (QED) is 0.584. The summed E-state index contributed by atoms with van der Waals surface area (Å²) in [5, 5.41) is 14.8. The van der Waals surface area contributed by atoms with Gasteiger partial charge in [0.1, 0.15) is 11.8 Å². The highest BCUT2D eigenvalue weighted by Crippen LogP contribution is 2.22. The molecule has 7 nitrogen and oxygen atoms in total. The summed E-state index contributed by atoms with van der Waals surface area (Å²) in [6.45, 7) is 2.94. The number of hydrogen-bond donors (Lipinski definition) is 3. The first kappa shape index (κ1) is 22.2. The fraction of sp³-hybridized carbons (Fsp3) is 0.286. The van der Waals surface area contributed by atoms with E-state index in [0.29, 0.717) is 29.2 Å². The van der Waals surface area contributed by atoms with Gasteiger partial charge >= 0.3 is 0 Å². The van der Waals surface area contributed by atoms with E-state index in [4.69, 9.17) is 21.6 Å². The van der Waals surface area contributed by atoms with E-state index in [0.717, 1.165) is 11.3 Å². The summed E-state index contributed by atoms with van der Waals surface area (Å²) in [6.07, 6.45) is 0.827. The number of benzene rings is 2. The predicted molar refractivity (Wildman–Crippen MR) is 112 cm³/mol. The highest BCUT2D eigenvalue weighted by atomic mass is 35.5. The molecule has 1 atom stereocenters. The molecule has 1 unspecified atom stereocenters. The number of nitrogens with one attached hydrogen (secondary N) is 3. The fourth-order valence-electron chi connectivity index (χ4n) is 2.88. The Morgan fingerprint density at radius 2 is 1.83 bits per heavy atom. The van der Waals surface area contributed by atoms with Crippen LogP contribution in [0.15, 0.2) is 42.5 Å². The Morgan fingerprint density at radius 3 is 2.45 bits per heavy atom. The van der Waals surface area contributed by atoms with Crippen molar-refractivity contribution in [2.45, 2.75) is 13.3 Å². The van der Waals surface area contributed by atoms with Gasteiger partial charge in [-0.25, -0.2) is 0 Å². The lowest BCUT2D eigenvalue weighted by Crippen LogP contribution is -3.14. The Balaban J connectivity index is 1.96. The maximum Gasteiger partial charge on any atom is 0.279 e. The summed E-state index contributed by atoms with van der Waals surface area (Å²) < 4.78 is 5.24. The molecule has 0 saturated carbocycles. The molecule has 0 saturated heterocycles. The zero-order chi connectivity index (χ0) is 21.2. The first-order valence-corrected chi connectivity index (χ1v) is 9.60. The van der Waals surface area contributed by atoms with Crippen molar-refractivity contribution in [2.75, 3.05) is 37.4 Å². The van der Waals surface area contributed by atoms with Gasteiger partial charge in [0.25, 0.3) is 11.8 Å². The number of rotatable bonds is 9. The van der Waals surface area contributed by atoms with Crippen LogP contribution >= 0.6 is 11.6 Å². The molecular weight excluding hydrogens is 392 g/mol. The van der Waals surface area contributed by atoms with Crippen molar-refractivity contribution in [3.63, 3.8) is 0 Å². The number of methoxy groups -OCH3 is 1. The van der Waals surface area contributed by atoms with Gasteiger partial charge < -0.3 is 20.3 Å². The molecule has 0 heterocycles. The van der Waals surface area contributed by atoms with Gasteiger partial charge in [-0.15, -0.1) is 0 Å². The van der Waals surface area contributed by atoms with Crippen LogP contribution in [0, 0.1) is 11.3 Å². The van der Waals surface area contributed by atoms with E-state index >= 15 is 0 Å². The zero-order valence-electron chi connectivity index (χ0n) is 16.4. The van der Waals surface area contributed by atoms with Crippen molar-refractivity contribution >= 4 is 34.8 Å². The molecule has 0 bridgehead atoms. The lowest BCUT2D eigenvalue weighted by Gasteiger charge is -2.18. The molecule has 2 rings (SSSR count). The minimum absolute atomic E-state index is 0.130. The van der Waals surface area contributed by atoms with E-state index in [9.17, 15) is 9.59 Å². The lowest BCUT2D eigenvalue weighted by molar-refractivity contribution is -0.883. The Hall–Kier alpha value is -3.08. The maximum absolute atomic E-state index is 12.5. The van der Waals surface area contributed by atoms with E-state index in [1.807, 2.05) is 25.1 Å². The number of para-hydroxylation sites is 2. The molecule has 0 aliphatic heterocycles. The summed E-state index contributed by atoms with van der Waals surface area (Å²) in [5.74, 6) is 0.139. The van der Waals surface area contributed by atoms with Crippen LogP contribution in [-0.2, 0) is 9.59 Å². The van der Waals surface area contributed by atoms with Crippen molar-refractivity contribution in [1.29, 1.82) is 5.26 Å². The molecule has 152 valence electrons. The smallest absolute Gasteiger partial charge is 0.279 e. The number of hydrogen-bond acceptors (Lipinski definition) is 4. The van der Waals surface area contributed by atoms with Crippen LogP contribution in [0.5, 0.6) is 5.75 Å². The predicted octanol–water partition coefficient (Wildman–Crippen LogP) is 2.09. The van der Waals surface area contributed by atoms with E-state index in [1.54, 1.807) is 31.4 Å². The van der Waals surface area contributed by atoms with Crippen LogP contribution in [0.2, 0.25) is 5.02 Å². The van der Waals surface area contributed by atoms with Crippen LogP contribution in [0.3, 0.4) is 0 Å². The number of halogens is 1. The highest BCUT2D eigenvalue weighted by molar-refractivity contribution is 6.32. The first-order valence-electron chi connectivity index (χ1n) is 9.22. The molecule has 2 aromatic carbocycles. The molecule has 8 heteroatoms. The summed E-state index contributed by atoms with van der Waals surface area (Å²) in [5.41, 5.74) is 1.44. The molecule has 0 aliphatic carbocycles. The molecular formula is C21H24ClN4O3+. The molecule has 2 amide bonds. The second-order valence-electron chi connectivity index (χ2n) is 6.46. The van der Waals surface area contributed by atoms with E-state index in [-0.39, 0.29) is 29.9 Å². The summed E-state index contributed by atoms with van der Waals surface area (Å²) in [7, 11) is 1.54. The summed E-state index contributed by atoms with van der Waals surface area (Å²) in [6, 6.07) is 13.8. The number of nitrogens with zero attached hydrogens (tertiary/aromatic N) is 1. The second-order valence-corrected chi connectivity index (χ2v) is 6.86. The topological polar surface area (TPSA) is 95.7 Å². The average Bonchev–Trinajstić information content (AvgIpc) is 2.68. The van der Waals surface area contributed by atoms with E-state index in [1.165, 1.54) is 6.07 Å². The normalized spacial score (nSPS) is 11.2. The zero-order valence-corrected chi connectivity index (χ0v) is 17.2. The van der Waals surface area contributed by atoms with Crippen molar-refractivity contribution < 1.29 is 19.2 Å². The molecule has 0 fully saturated rings. The lowest BCUT2D eigenvalue weighted by atomic mass is 10.2. The number of anilines is 2. The van der Waals surface area contributed by atoms with Crippen molar-refractivity contribution in [1.82, 2.24) is 0 Å². The van der Waals surface area contributed by atoms with Gasteiger partial charge in [0, 0.05) is 5.69 Å². The minimum Gasteiger partial charge on any atom is -0.495 e. The average molecular weight is 416 g/mol. The number of amides is 2. The molecule has 0 radical (unpaired) electrons. The summed E-state index contributed by atoms with van der Waals surface area (Å²) in [4.78, 5) is 25.7. The Labute approximate surface area is 175 Å². The third-order valence-electron chi connectivity index (χ3n) is 4.18. The van der Waals surface area contributed by atoms with Gasteiger partial charge in [0.05, 0.1) is 29.9 Å². The third kappa shape index (κ3) is 6.79. The number of carbonyl (C=O) groups excluding carboxylic acids is 2. The monoisotopic (exact) mass is 415 g/mol. The Bertz CT molecular complexity index is 911. The second kappa shape index (κ2) is 11.1. The highest BCUT2D eigenvalue weighted by Gasteiger charge is 2.19. The van der Waals surface area contributed by atoms with Crippen LogP contribution in [-0.4, -0.2) is 38.6 Å². The molecule has 29 heavy (non-hydrogen) atoms. The van der Waals surface area contributed by atoms with Crippen LogP contribution in [0.25, 0.3) is 0 Å². The minimum atomic E-state index is -0.237. The molecule has 0 aliphatic rings. The Morgan fingerprint density at radius 1 is 1.14 bits per heavy atom. The fourth-order valence-corrected chi connectivity index (χ4v) is 3.10. The standard InChI is InChI=1S/C21H23ClN4O3/c1-3-10-26(14-21(28)25-18-6-4-5-7-19(18)29-2)13-20(27)24-16-9-8-15(12-23)17(22)11-16/h4-9,11H,3,10,13-14H2,1-2H3,(H,24,27)(H,25,28)/p+1. The number of nitriles is 1. The van der Waals surface area contributed by atoms with Gasteiger partial charge in [-0.3, -0.25) is 9.59 Å². The Kier molecular flexibility index (Phi) is 8.46. The van der Waals surface area contributed by atoms with E-state index < -0.39 is 0 Å². The van der Waals surface area contributed by atoms with Crippen LogP contribution in [0.4, 0.5) is 11.4 Å². The van der Waals surface area contributed by atoms with Gasteiger partial charge in [-0.2, -0.15) is 5.26 Å². The molecule has 2 aromatic rings. The van der Waals surface area contributed by atoms with Gasteiger partial charge in [0.15, 0.2) is 13.1 Å². The molecule has 3 N–H and O–H groups in total. The maximum atomic E-state index is 12.5. The largest absolute Gasteiger partial charge is 0.495 e. The van der Waals surface area contributed by atoms with Gasteiger partial charge in [-0.05, 0) is 36.8 Å². The van der Waals surface area contributed by atoms with Crippen molar-refractivity contribution in [2.24, 2.45) is 0 Å². The third-order valence-corrected chi connectivity index (χ3v) is 4.49. The van der Waals surface area contributed by atoms with Crippen molar-refractivity contribution in [3.05, 3.63) is 53.1 Å². The van der Waals surface area contributed by atoms with Crippen LogP contribution < -0.4 is 20.3 Å². The van der Waals surface area contributed by atoms with E-state index in [2.05, 4.69) is 10.6 Å². The first-order chi connectivity index (χ1) is 14.0. The number of ether oxygens (including phenoxy) is 1. The molecule has 0 aromatic heterocycles. The number of quaternary nitrogens is 1. The SMILES string of the molecule is CCC[NH+](CC(=O)Nc1ccc(C#N)c(Cl)c1)CC(=O)Nc1ccccc1OC. The number of carbonyl (C=O) groups is 2. The van der Waals surface area contributed by atoms with Gasteiger partial charge in [-0.1, -0.05) is 30.7 Å². The summed E-state index contributed by atoms with van der Waals surface area (Å²) >= 11 is 6.00. The molecule has 0 spiro atoms. The van der Waals surface area contributed by atoms with Gasteiger partial charge in [0.2, 0.25) is 0 Å². The van der Waals surface area contributed by atoms with Crippen LogP contribution in [0.1, 0.15) is 18.9 Å².